The number of aromatic nitrogens is 2. The van der Waals surface area contributed by atoms with Gasteiger partial charge in [-0.3, -0.25) is 0 Å². The molecule has 0 aliphatic carbocycles. The fourth-order valence-corrected chi connectivity index (χ4v) is 3.47. The molecule has 0 radical (unpaired) electrons. The summed E-state index contributed by atoms with van der Waals surface area (Å²) in [5.41, 5.74) is 3.21. The summed E-state index contributed by atoms with van der Waals surface area (Å²) in [6, 6.07) is 18.1. The molecule has 0 aliphatic rings. The molecule has 3 aromatic carbocycles. The van der Waals surface area contributed by atoms with Crippen LogP contribution in [0, 0.1) is 0 Å². The van der Waals surface area contributed by atoms with Crippen molar-refractivity contribution in [2.45, 2.75) is 6.61 Å². The Kier molecular flexibility index (Phi) is 5.20. The van der Waals surface area contributed by atoms with Gasteiger partial charge in [-0.2, -0.15) is 4.73 Å². The van der Waals surface area contributed by atoms with Gasteiger partial charge in [0.2, 0.25) is 0 Å². The Morgan fingerprint density at radius 1 is 0.778 bits per heavy atom. The highest BCUT2D eigenvalue weighted by Crippen LogP contribution is 2.28. The third-order valence-corrected chi connectivity index (χ3v) is 5.12. The van der Waals surface area contributed by atoms with Crippen molar-refractivity contribution in [3.8, 4) is 11.4 Å². The van der Waals surface area contributed by atoms with E-state index in [1.165, 1.54) is 0 Å². The van der Waals surface area contributed by atoms with E-state index < -0.39 is 0 Å². The molecule has 0 spiro atoms. The van der Waals surface area contributed by atoms with Gasteiger partial charge in [0, 0.05) is 31.2 Å². The Bertz CT molecular complexity index is 1120. The van der Waals surface area contributed by atoms with E-state index in [1.54, 1.807) is 22.9 Å². The zero-order valence-corrected chi connectivity index (χ0v) is 16.8. The molecular weight excluding hydrogens is 426 g/mol. The molecule has 27 heavy (non-hydrogen) atoms. The second-order valence-electron chi connectivity index (χ2n) is 5.88. The van der Waals surface area contributed by atoms with Crippen LogP contribution in [0.5, 0.6) is 0 Å². The van der Waals surface area contributed by atoms with Gasteiger partial charge in [-0.05, 0) is 54.6 Å². The van der Waals surface area contributed by atoms with E-state index in [4.69, 9.17) is 51.2 Å². The van der Waals surface area contributed by atoms with E-state index >= 15 is 0 Å². The third-order valence-electron chi connectivity index (χ3n) is 4.04. The number of benzene rings is 3. The van der Waals surface area contributed by atoms with Crippen LogP contribution in [-0.2, 0) is 6.61 Å². The second kappa shape index (κ2) is 7.61. The Hall–Kier alpha value is -1.91. The quantitative estimate of drug-likeness (QED) is 0.345. The maximum Gasteiger partial charge on any atom is 0.176 e. The Labute approximate surface area is 176 Å². The van der Waals surface area contributed by atoms with Crippen molar-refractivity contribution in [1.82, 2.24) is 9.71 Å². The van der Waals surface area contributed by atoms with Gasteiger partial charge in [-0.1, -0.05) is 52.5 Å². The Morgan fingerprint density at radius 3 is 2.19 bits per heavy atom. The molecule has 1 heterocycles. The molecular formula is C20H12Cl4N2O. The molecule has 0 amide bonds. The number of nitrogens with zero attached hydrogens (tertiary/aromatic N) is 2. The van der Waals surface area contributed by atoms with Gasteiger partial charge in [-0.25, -0.2) is 4.98 Å². The molecule has 0 N–H and O–H groups in total. The van der Waals surface area contributed by atoms with Crippen molar-refractivity contribution in [1.29, 1.82) is 0 Å². The topological polar surface area (TPSA) is 27.1 Å². The zero-order chi connectivity index (χ0) is 19.0. The summed E-state index contributed by atoms with van der Waals surface area (Å²) in [6.07, 6.45) is 0. The average Bonchev–Trinajstić information content (AvgIpc) is 2.99. The fraction of sp³-hybridized carbons (Fsp3) is 0.0500. The van der Waals surface area contributed by atoms with Gasteiger partial charge < -0.3 is 4.84 Å². The van der Waals surface area contributed by atoms with E-state index in [-0.39, 0.29) is 6.61 Å². The molecule has 1 aromatic heterocycles. The maximum absolute atomic E-state index is 6.26. The standard InChI is InChI=1S/C20H12Cl4N2O/c21-14-4-1-12(2-5-14)20-25-18-8-7-16(23)10-19(18)26(20)27-11-13-3-6-15(22)9-17(13)24/h1-10H,11H2. The summed E-state index contributed by atoms with van der Waals surface area (Å²) in [7, 11) is 0. The minimum Gasteiger partial charge on any atom is -0.407 e. The van der Waals surface area contributed by atoms with Gasteiger partial charge in [0.05, 0.1) is 5.52 Å². The van der Waals surface area contributed by atoms with Crippen molar-refractivity contribution in [2.24, 2.45) is 0 Å². The summed E-state index contributed by atoms with van der Waals surface area (Å²) >= 11 is 24.4. The van der Waals surface area contributed by atoms with Crippen LogP contribution >= 0.6 is 46.4 Å². The number of rotatable bonds is 4. The van der Waals surface area contributed by atoms with Crippen LogP contribution in [0.4, 0.5) is 0 Å². The molecule has 136 valence electrons. The molecule has 0 saturated heterocycles. The summed E-state index contributed by atoms with van der Waals surface area (Å²) in [5.74, 6) is 0.647. The van der Waals surface area contributed by atoms with Gasteiger partial charge in [0.25, 0.3) is 0 Å². The van der Waals surface area contributed by atoms with E-state index in [0.29, 0.717) is 25.9 Å². The minimum atomic E-state index is 0.245. The van der Waals surface area contributed by atoms with Crippen LogP contribution in [0.3, 0.4) is 0 Å². The molecule has 0 aliphatic heterocycles. The average molecular weight is 438 g/mol. The summed E-state index contributed by atoms with van der Waals surface area (Å²) in [5, 5.41) is 2.36. The van der Waals surface area contributed by atoms with E-state index in [2.05, 4.69) is 4.98 Å². The molecule has 3 nitrogen and oxygen atoms in total. The largest absolute Gasteiger partial charge is 0.407 e. The first-order chi connectivity index (χ1) is 13.0. The van der Waals surface area contributed by atoms with Crippen LogP contribution in [0.2, 0.25) is 20.1 Å². The Morgan fingerprint density at radius 2 is 1.44 bits per heavy atom. The number of imidazole rings is 1. The predicted molar refractivity (Wildman–Crippen MR) is 112 cm³/mol. The summed E-state index contributed by atoms with van der Waals surface area (Å²) in [4.78, 5) is 10.8. The third kappa shape index (κ3) is 3.87. The van der Waals surface area contributed by atoms with Crippen LogP contribution < -0.4 is 4.84 Å². The zero-order valence-electron chi connectivity index (χ0n) is 13.8. The van der Waals surface area contributed by atoms with Crippen molar-refractivity contribution in [3.05, 3.63) is 86.3 Å². The van der Waals surface area contributed by atoms with Crippen molar-refractivity contribution in [3.63, 3.8) is 0 Å². The van der Waals surface area contributed by atoms with E-state index in [0.717, 1.165) is 22.2 Å². The first-order valence-corrected chi connectivity index (χ1v) is 9.53. The molecule has 0 atom stereocenters. The molecule has 0 fully saturated rings. The molecule has 0 saturated carbocycles. The van der Waals surface area contributed by atoms with Crippen LogP contribution in [0.15, 0.2) is 60.7 Å². The first kappa shape index (κ1) is 18.5. The fourth-order valence-electron chi connectivity index (χ4n) is 2.71. The number of hydrogen-bond acceptors (Lipinski definition) is 2. The highest BCUT2D eigenvalue weighted by molar-refractivity contribution is 6.35. The van der Waals surface area contributed by atoms with Crippen molar-refractivity contribution < 1.29 is 4.84 Å². The normalized spacial score (nSPS) is 11.1. The minimum absolute atomic E-state index is 0.245. The lowest BCUT2D eigenvalue weighted by molar-refractivity contribution is 0.110. The number of halogens is 4. The van der Waals surface area contributed by atoms with Crippen LogP contribution in [-0.4, -0.2) is 9.71 Å². The summed E-state index contributed by atoms with van der Waals surface area (Å²) < 4.78 is 1.66. The van der Waals surface area contributed by atoms with E-state index in [1.807, 2.05) is 42.5 Å². The highest BCUT2D eigenvalue weighted by Gasteiger charge is 2.15. The van der Waals surface area contributed by atoms with E-state index in [9.17, 15) is 0 Å². The highest BCUT2D eigenvalue weighted by atomic mass is 35.5. The van der Waals surface area contributed by atoms with Crippen molar-refractivity contribution >= 4 is 57.4 Å². The van der Waals surface area contributed by atoms with Crippen molar-refractivity contribution in [2.75, 3.05) is 0 Å². The SMILES string of the molecule is Clc1ccc(-c2nc3ccc(Cl)cc3n2OCc2ccc(Cl)cc2Cl)cc1. The second-order valence-corrected chi connectivity index (χ2v) is 7.60. The predicted octanol–water partition coefficient (Wildman–Crippen LogP) is 6.95. The van der Waals surface area contributed by atoms with Gasteiger partial charge in [0.15, 0.2) is 5.82 Å². The lowest BCUT2D eigenvalue weighted by Gasteiger charge is -2.12. The lowest BCUT2D eigenvalue weighted by Crippen LogP contribution is -2.13. The van der Waals surface area contributed by atoms with Crippen LogP contribution in [0.25, 0.3) is 22.4 Å². The molecule has 4 rings (SSSR count). The monoisotopic (exact) mass is 436 g/mol. The molecule has 0 unspecified atom stereocenters. The van der Waals surface area contributed by atoms with Gasteiger partial charge in [-0.15, -0.1) is 0 Å². The molecule has 4 aromatic rings. The Balaban J connectivity index is 1.78. The van der Waals surface area contributed by atoms with Crippen LogP contribution in [0.1, 0.15) is 5.56 Å². The molecule has 7 heteroatoms. The number of fused-ring (bicyclic) bond motifs is 1. The maximum atomic E-state index is 6.26. The molecule has 0 bridgehead atoms. The first-order valence-electron chi connectivity index (χ1n) is 8.02. The van der Waals surface area contributed by atoms with Gasteiger partial charge >= 0.3 is 0 Å². The lowest BCUT2D eigenvalue weighted by atomic mass is 10.2. The smallest absolute Gasteiger partial charge is 0.176 e. The van der Waals surface area contributed by atoms with Gasteiger partial charge in [0.1, 0.15) is 12.1 Å². The summed E-state index contributed by atoms with van der Waals surface area (Å²) in [6.45, 7) is 0.245. The number of hydrogen-bond donors (Lipinski definition) is 0.